The maximum absolute atomic E-state index is 5.78. The highest BCUT2D eigenvalue weighted by atomic mass is 35.5. The van der Waals surface area contributed by atoms with Crippen molar-refractivity contribution in [2.75, 3.05) is 13.1 Å². The van der Waals surface area contributed by atoms with E-state index in [0.29, 0.717) is 13.1 Å². The Morgan fingerprint density at radius 1 is 1.11 bits per heavy atom. The molecule has 1 saturated carbocycles. The van der Waals surface area contributed by atoms with Crippen molar-refractivity contribution in [2.24, 2.45) is 23.3 Å². The molecule has 0 aromatic heterocycles. The molecule has 2 nitrogen and oxygen atoms in total. The summed E-state index contributed by atoms with van der Waals surface area (Å²) in [5, 5.41) is 0. The summed E-state index contributed by atoms with van der Waals surface area (Å²) in [6.07, 6.45) is 0. The molecule has 0 amide bonds. The maximum Gasteiger partial charge on any atom is 0.127 e. The first-order valence-corrected chi connectivity index (χ1v) is 3.68. The van der Waals surface area contributed by atoms with E-state index in [9.17, 15) is 0 Å². The molecule has 9 heavy (non-hydrogen) atoms. The molecule has 1 rings (SSSR count). The molecule has 4 N–H and O–H groups in total. The summed E-state index contributed by atoms with van der Waals surface area (Å²) in [6, 6.07) is 0. The zero-order chi connectivity index (χ0) is 7.07. The molecule has 0 saturated heterocycles. The lowest BCUT2D eigenvalue weighted by molar-refractivity contribution is 0.715. The minimum atomic E-state index is -0.622. The second kappa shape index (κ2) is 2.27. The Balaban J connectivity index is 2.45. The number of nitrogens with two attached hydrogens (primary N) is 2. The average molecular weight is 169 g/mol. The van der Waals surface area contributed by atoms with Crippen LogP contribution in [0.1, 0.15) is 0 Å². The summed E-state index contributed by atoms with van der Waals surface area (Å²) >= 11 is 11.6. The van der Waals surface area contributed by atoms with E-state index in [2.05, 4.69) is 0 Å². The molecule has 0 unspecified atom stereocenters. The van der Waals surface area contributed by atoms with Crippen LogP contribution in [0.4, 0.5) is 0 Å². The van der Waals surface area contributed by atoms with Crippen LogP contribution in [0.3, 0.4) is 0 Å². The second-order valence-electron chi connectivity index (χ2n) is 2.36. The standard InChI is InChI=1S/C5H10Cl2N2/c6-5(7)3(1-8)4(5)2-9/h3-4H,1-2,8-9H2/t3-,4-/m1/s1. The van der Waals surface area contributed by atoms with Crippen LogP contribution in [-0.4, -0.2) is 17.4 Å². The fraction of sp³-hybridized carbons (Fsp3) is 1.00. The molecule has 0 heterocycles. The highest BCUT2D eigenvalue weighted by Gasteiger charge is 2.61. The fourth-order valence-corrected chi connectivity index (χ4v) is 1.94. The minimum Gasteiger partial charge on any atom is -0.330 e. The molecule has 4 heteroatoms. The van der Waals surface area contributed by atoms with Crippen molar-refractivity contribution in [3.63, 3.8) is 0 Å². The van der Waals surface area contributed by atoms with Gasteiger partial charge in [-0.2, -0.15) is 0 Å². The predicted octanol–water partition coefficient (Wildman–Crippen LogP) is 0.324. The molecule has 0 radical (unpaired) electrons. The largest absolute Gasteiger partial charge is 0.330 e. The number of halogens is 2. The van der Waals surface area contributed by atoms with Crippen LogP contribution in [0.2, 0.25) is 0 Å². The van der Waals surface area contributed by atoms with Gasteiger partial charge in [-0.15, -0.1) is 23.2 Å². The zero-order valence-electron chi connectivity index (χ0n) is 4.98. The second-order valence-corrected chi connectivity index (χ2v) is 3.80. The topological polar surface area (TPSA) is 52.0 Å². The van der Waals surface area contributed by atoms with Crippen molar-refractivity contribution < 1.29 is 0 Å². The molecule has 0 bridgehead atoms. The maximum atomic E-state index is 5.78. The van der Waals surface area contributed by atoms with Gasteiger partial charge in [-0.05, 0) is 13.1 Å². The van der Waals surface area contributed by atoms with E-state index in [4.69, 9.17) is 34.7 Å². The van der Waals surface area contributed by atoms with Gasteiger partial charge in [-0.25, -0.2) is 0 Å². The van der Waals surface area contributed by atoms with Gasteiger partial charge in [-0.3, -0.25) is 0 Å². The van der Waals surface area contributed by atoms with Crippen molar-refractivity contribution in [1.29, 1.82) is 0 Å². The normalized spacial score (nSPS) is 38.7. The molecule has 0 aliphatic heterocycles. The zero-order valence-corrected chi connectivity index (χ0v) is 6.49. The Bertz CT molecular complexity index is 104. The summed E-state index contributed by atoms with van der Waals surface area (Å²) in [7, 11) is 0. The smallest absolute Gasteiger partial charge is 0.127 e. The lowest BCUT2D eigenvalue weighted by Gasteiger charge is -1.91. The summed E-state index contributed by atoms with van der Waals surface area (Å²) in [5.41, 5.74) is 10.7. The molecule has 0 spiro atoms. The molecule has 1 fully saturated rings. The quantitative estimate of drug-likeness (QED) is 0.585. The van der Waals surface area contributed by atoms with Crippen molar-refractivity contribution in [2.45, 2.75) is 4.33 Å². The van der Waals surface area contributed by atoms with E-state index in [1.165, 1.54) is 0 Å². The number of hydrogen-bond acceptors (Lipinski definition) is 2. The van der Waals surface area contributed by atoms with Gasteiger partial charge in [0.25, 0.3) is 0 Å². The third kappa shape index (κ3) is 1.05. The number of rotatable bonds is 2. The number of alkyl halides is 2. The summed E-state index contributed by atoms with van der Waals surface area (Å²) in [5.74, 6) is 0.427. The Morgan fingerprint density at radius 3 is 1.56 bits per heavy atom. The first kappa shape index (κ1) is 7.61. The van der Waals surface area contributed by atoms with Crippen molar-refractivity contribution >= 4 is 23.2 Å². The van der Waals surface area contributed by atoms with Crippen LogP contribution in [-0.2, 0) is 0 Å². The molecular formula is C5H10Cl2N2. The Morgan fingerprint density at radius 2 is 1.44 bits per heavy atom. The molecule has 0 aromatic rings. The Kier molecular flexibility index (Phi) is 1.92. The number of hydrogen-bond donors (Lipinski definition) is 2. The lowest BCUT2D eigenvalue weighted by Crippen LogP contribution is -2.08. The van der Waals surface area contributed by atoms with Gasteiger partial charge in [0.2, 0.25) is 0 Å². The molecule has 54 valence electrons. The third-order valence-corrected chi connectivity index (χ3v) is 2.99. The van der Waals surface area contributed by atoms with Gasteiger partial charge in [0.15, 0.2) is 0 Å². The Hall–Kier alpha value is 0.500. The van der Waals surface area contributed by atoms with E-state index < -0.39 is 4.33 Å². The first-order valence-electron chi connectivity index (χ1n) is 2.92. The van der Waals surface area contributed by atoms with Crippen LogP contribution < -0.4 is 11.5 Å². The SMILES string of the molecule is NC[C@@H]1[C@@H](CN)C1(Cl)Cl. The van der Waals surface area contributed by atoms with Crippen LogP contribution >= 0.6 is 23.2 Å². The molecule has 1 aliphatic rings. The van der Waals surface area contributed by atoms with Gasteiger partial charge in [0, 0.05) is 11.8 Å². The van der Waals surface area contributed by atoms with E-state index in [1.54, 1.807) is 0 Å². The average Bonchev–Trinajstić information content (AvgIpc) is 2.32. The van der Waals surface area contributed by atoms with Crippen LogP contribution in [0, 0.1) is 11.8 Å². The van der Waals surface area contributed by atoms with E-state index in [-0.39, 0.29) is 11.8 Å². The highest BCUT2D eigenvalue weighted by molar-refractivity contribution is 6.51. The van der Waals surface area contributed by atoms with Crippen LogP contribution in [0.25, 0.3) is 0 Å². The fourth-order valence-electron chi connectivity index (χ4n) is 1.10. The van der Waals surface area contributed by atoms with Crippen LogP contribution in [0.15, 0.2) is 0 Å². The third-order valence-electron chi connectivity index (χ3n) is 1.87. The first-order chi connectivity index (χ1) is 4.14. The molecule has 2 atom stereocenters. The van der Waals surface area contributed by atoms with Crippen LogP contribution in [0.5, 0.6) is 0 Å². The summed E-state index contributed by atoms with van der Waals surface area (Å²) in [4.78, 5) is 0. The van der Waals surface area contributed by atoms with Gasteiger partial charge in [0.1, 0.15) is 4.33 Å². The van der Waals surface area contributed by atoms with E-state index >= 15 is 0 Å². The lowest BCUT2D eigenvalue weighted by atomic mass is 10.3. The molecule has 1 aliphatic carbocycles. The highest BCUT2D eigenvalue weighted by Crippen LogP contribution is 2.57. The van der Waals surface area contributed by atoms with E-state index in [1.807, 2.05) is 0 Å². The minimum absolute atomic E-state index is 0.214. The van der Waals surface area contributed by atoms with Crippen molar-refractivity contribution in [3.05, 3.63) is 0 Å². The predicted molar refractivity (Wildman–Crippen MR) is 39.5 cm³/mol. The van der Waals surface area contributed by atoms with Gasteiger partial charge in [0.05, 0.1) is 0 Å². The Labute approximate surface area is 64.5 Å². The summed E-state index contributed by atoms with van der Waals surface area (Å²) in [6.45, 7) is 1.07. The molecule has 0 aromatic carbocycles. The monoisotopic (exact) mass is 168 g/mol. The molecular weight excluding hydrogens is 159 g/mol. The van der Waals surface area contributed by atoms with Gasteiger partial charge < -0.3 is 11.5 Å². The van der Waals surface area contributed by atoms with E-state index in [0.717, 1.165) is 0 Å². The van der Waals surface area contributed by atoms with Crippen molar-refractivity contribution in [1.82, 2.24) is 0 Å². The summed E-state index contributed by atoms with van der Waals surface area (Å²) < 4.78 is -0.622. The van der Waals surface area contributed by atoms with Gasteiger partial charge in [-0.1, -0.05) is 0 Å². The van der Waals surface area contributed by atoms with Gasteiger partial charge >= 0.3 is 0 Å². The van der Waals surface area contributed by atoms with Crippen molar-refractivity contribution in [3.8, 4) is 0 Å².